The van der Waals surface area contributed by atoms with Crippen molar-refractivity contribution in [2.75, 3.05) is 13.1 Å². The molecule has 1 saturated carbocycles. The highest BCUT2D eigenvalue weighted by Gasteiger charge is 2.17. The predicted octanol–water partition coefficient (Wildman–Crippen LogP) is 3.22. The monoisotopic (exact) mass is 360 g/mol. The van der Waals surface area contributed by atoms with Crippen molar-refractivity contribution in [3.8, 4) is 5.75 Å². The van der Waals surface area contributed by atoms with Crippen molar-refractivity contribution in [2.45, 2.75) is 64.9 Å². The maximum atomic E-state index is 11.9. The Kier molecular flexibility index (Phi) is 8.45. The molecule has 26 heavy (non-hydrogen) atoms. The molecule has 0 atom stereocenters. The Labute approximate surface area is 156 Å². The minimum Gasteiger partial charge on any atom is -0.491 e. The zero-order valence-corrected chi connectivity index (χ0v) is 16.1. The van der Waals surface area contributed by atoms with Gasteiger partial charge in [-0.1, -0.05) is 31.4 Å². The Balaban J connectivity index is 1.58. The van der Waals surface area contributed by atoms with E-state index in [2.05, 4.69) is 10.6 Å². The smallest absolute Gasteiger partial charge is 0.239 e. The standard InChI is InChI=1S/C21H32N2O3/c1-16(2)26-19-10-8-17(9-11-19)12-13-22-21(25)15-23-20(24)14-18-6-4-3-5-7-18/h8-11,16,18H,3-7,12-15H2,1-2H3,(H,22,25)(H,23,24). The molecule has 1 aromatic carbocycles. The Bertz CT molecular complexity index is 563. The first kappa shape index (κ1) is 20.3. The SMILES string of the molecule is CC(C)Oc1ccc(CCNC(=O)CNC(=O)CC2CCCCC2)cc1. The van der Waals surface area contributed by atoms with Gasteiger partial charge in [0.25, 0.3) is 0 Å². The highest BCUT2D eigenvalue weighted by Crippen LogP contribution is 2.25. The van der Waals surface area contributed by atoms with Crippen LogP contribution in [-0.4, -0.2) is 31.0 Å². The molecule has 144 valence electrons. The molecule has 0 heterocycles. The summed E-state index contributed by atoms with van der Waals surface area (Å²) in [5.74, 6) is 1.21. The van der Waals surface area contributed by atoms with E-state index < -0.39 is 0 Å². The Hall–Kier alpha value is -2.04. The second-order valence-electron chi connectivity index (χ2n) is 7.40. The van der Waals surface area contributed by atoms with Crippen LogP contribution in [0.1, 0.15) is 57.9 Å². The Morgan fingerprint density at radius 3 is 2.38 bits per heavy atom. The number of nitrogens with one attached hydrogen (secondary N) is 2. The van der Waals surface area contributed by atoms with Gasteiger partial charge in [-0.05, 0) is 56.7 Å². The van der Waals surface area contributed by atoms with E-state index in [9.17, 15) is 9.59 Å². The average molecular weight is 360 g/mol. The Morgan fingerprint density at radius 2 is 1.73 bits per heavy atom. The molecule has 0 aliphatic heterocycles. The second kappa shape index (κ2) is 10.8. The van der Waals surface area contributed by atoms with Crippen molar-refractivity contribution in [2.24, 2.45) is 5.92 Å². The lowest BCUT2D eigenvalue weighted by molar-refractivity contribution is -0.126. The molecule has 1 aliphatic carbocycles. The molecule has 0 unspecified atom stereocenters. The van der Waals surface area contributed by atoms with E-state index in [-0.39, 0.29) is 24.5 Å². The molecule has 0 aromatic heterocycles. The first-order valence-electron chi connectivity index (χ1n) is 9.82. The molecule has 1 aliphatic rings. The summed E-state index contributed by atoms with van der Waals surface area (Å²) in [7, 11) is 0. The lowest BCUT2D eigenvalue weighted by atomic mass is 9.87. The van der Waals surface area contributed by atoms with Gasteiger partial charge in [-0.15, -0.1) is 0 Å². The molecule has 1 aromatic rings. The van der Waals surface area contributed by atoms with Gasteiger partial charge in [-0.25, -0.2) is 0 Å². The third-order valence-corrected chi connectivity index (χ3v) is 4.68. The van der Waals surface area contributed by atoms with Crippen LogP contribution >= 0.6 is 0 Å². The number of hydrogen-bond donors (Lipinski definition) is 2. The summed E-state index contributed by atoms with van der Waals surface area (Å²) >= 11 is 0. The maximum absolute atomic E-state index is 11.9. The summed E-state index contributed by atoms with van der Waals surface area (Å²) in [5, 5.41) is 5.59. The zero-order valence-electron chi connectivity index (χ0n) is 16.1. The quantitative estimate of drug-likeness (QED) is 0.710. The van der Waals surface area contributed by atoms with Crippen LogP contribution in [0.15, 0.2) is 24.3 Å². The van der Waals surface area contributed by atoms with E-state index in [1.807, 2.05) is 38.1 Å². The van der Waals surface area contributed by atoms with Crippen LogP contribution in [0.5, 0.6) is 5.75 Å². The zero-order chi connectivity index (χ0) is 18.8. The molecule has 5 nitrogen and oxygen atoms in total. The number of ether oxygens (including phenoxy) is 1. The number of carbonyl (C=O) groups is 2. The van der Waals surface area contributed by atoms with Gasteiger partial charge in [-0.3, -0.25) is 9.59 Å². The van der Waals surface area contributed by atoms with Gasteiger partial charge in [0.15, 0.2) is 0 Å². The van der Waals surface area contributed by atoms with Gasteiger partial charge in [0.1, 0.15) is 5.75 Å². The van der Waals surface area contributed by atoms with Crippen molar-refractivity contribution in [1.29, 1.82) is 0 Å². The summed E-state index contributed by atoms with van der Waals surface area (Å²) in [5.41, 5.74) is 1.14. The van der Waals surface area contributed by atoms with Crippen molar-refractivity contribution in [3.63, 3.8) is 0 Å². The summed E-state index contributed by atoms with van der Waals surface area (Å²) in [6, 6.07) is 7.91. The number of rotatable bonds is 9. The average Bonchev–Trinajstić information content (AvgIpc) is 2.62. The molecule has 0 saturated heterocycles. The van der Waals surface area contributed by atoms with E-state index >= 15 is 0 Å². The lowest BCUT2D eigenvalue weighted by Crippen LogP contribution is -2.38. The lowest BCUT2D eigenvalue weighted by Gasteiger charge is -2.20. The predicted molar refractivity (Wildman–Crippen MR) is 103 cm³/mol. The van der Waals surface area contributed by atoms with E-state index in [0.717, 1.165) is 30.6 Å². The van der Waals surface area contributed by atoms with Crippen LogP contribution in [0.4, 0.5) is 0 Å². The third kappa shape index (κ3) is 7.89. The molecule has 2 rings (SSSR count). The fourth-order valence-electron chi connectivity index (χ4n) is 3.32. The normalized spacial score (nSPS) is 14.9. The summed E-state index contributed by atoms with van der Waals surface area (Å²) in [6.45, 7) is 4.61. The van der Waals surface area contributed by atoms with E-state index in [1.165, 1.54) is 19.3 Å². The molecule has 5 heteroatoms. The van der Waals surface area contributed by atoms with Crippen LogP contribution in [-0.2, 0) is 16.0 Å². The highest BCUT2D eigenvalue weighted by atomic mass is 16.5. The highest BCUT2D eigenvalue weighted by molar-refractivity contribution is 5.84. The van der Waals surface area contributed by atoms with Crippen molar-refractivity contribution in [1.82, 2.24) is 10.6 Å². The molecule has 1 fully saturated rings. The van der Waals surface area contributed by atoms with E-state index in [4.69, 9.17) is 4.74 Å². The second-order valence-corrected chi connectivity index (χ2v) is 7.40. The van der Waals surface area contributed by atoms with Crippen LogP contribution in [0.2, 0.25) is 0 Å². The number of hydrogen-bond acceptors (Lipinski definition) is 3. The first-order valence-corrected chi connectivity index (χ1v) is 9.82. The number of amides is 2. The summed E-state index contributed by atoms with van der Waals surface area (Å²) in [4.78, 5) is 23.8. The van der Waals surface area contributed by atoms with Crippen LogP contribution < -0.4 is 15.4 Å². The van der Waals surface area contributed by atoms with Crippen molar-refractivity contribution in [3.05, 3.63) is 29.8 Å². The van der Waals surface area contributed by atoms with Crippen LogP contribution in [0.25, 0.3) is 0 Å². The van der Waals surface area contributed by atoms with Gasteiger partial charge in [0.05, 0.1) is 12.6 Å². The van der Waals surface area contributed by atoms with Crippen molar-refractivity contribution < 1.29 is 14.3 Å². The van der Waals surface area contributed by atoms with Crippen LogP contribution in [0.3, 0.4) is 0 Å². The molecule has 2 amide bonds. The maximum Gasteiger partial charge on any atom is 0.239 e. The van der Waals surface area contributed by atoms with Gasteiger partial charge in [0.2, 0.25) is 11.8 Å². The van der Waals surface area contributed by atoms with Gasteiger partial charge in [-0.2, -0.15) is 0 Å². The summed E-state index contributed by atoms with van der Waals surface area (Å²) in [6.07, 6.45) is 7.48. The fourth-order valence-corrected chi connectivity index (χ4v) is 3.32. The largest absolute Gasteiger partial charge is 0.491 e. The molecular weight excluding hydrogens is 328 g/mol. The Morgan fingerprint density at radius 1 is 1.04 bits per heavy atom. The molecule has 2 N–H and O–H groups in total. The third-order valence-electron chi connectivity index (χ3n) is 4.68. The minimum absolute atomic E-state index is 0.00667. The van der Waals surface area contributed by atoms with Gasteiger partial charge < -0.3 is 15.4 Å². The molecule has 0 bridgehead atoms. The minimum atomic E-state index is -0.137. The first-order chi connectivity index (χ1) is 12.5. The molecule has 0 spiro atoms. The fraction of sp³-hybridized carbons (Fsp3) is 0.619. The number of benzene rings is 1. The van der Waals surface area contributed by atoms with Gasteiger partial charge >= 0.3 is 0 Å². The van der Waals surface area contributed by atoms with Gasteiger partial charge in [0, 0.05) is 13.0 Å². The van der Waals surface area contributed by atoms with Crippen LogP contribution in [0, 0.1) is 5.92 Å². The van der Waals surface area contributed by atoms with E-state index in [0.29, 0.717) is 18.9 Å². The summed E-state index contributed by atoms with van der Waals surface area (Å²) < 4.78 is 5.61. The molecular formula is C21H32N2O3. The van der Waals surface area contributed by atoms with Crippen molar-refractivity contribution >= 4 is 11.8 Å². The number of carbonyl (C=O) groups excluding carboxylic acids is 2. The topological polar surface area (TPSA) is 67.4 Å². The van der Waals surface area contributed by atoms with E-state index in [1.54, 1.807) is 0 Å². The molecule has 0 radical (unpaired) electrons.